The van der Waals surface area contributed by atoms with E-state index in [0.717, 1.165) is 35.8 Å². The Morgan fingerprint density at radius 1 is 1.30 bits per heavy atom. The van der Waals surface area contributed by atoms with Gasteiger partial charge in [-0.2, -0.15) is 0 Å². The van der Waals surface area contributed by atoms with E-state index in [1.807, 2.05) is 18.2 Å². The van der Waals surface area contributed by atoms with Gasteiger partial charge in [0.1, 0.15) is 5.75 Å². The Labute approximate surface area is 119 Å². The quantitative estimate of drug-likeness (QED) is 0.554. The summed E-state index contributed by atoms with van der Waals surface area (Å²) in [5.41, 5.74) is 1.05. The second kappa shape index (κ2) is 7.77. The highest BCUT2D eigenvalue weighted by Crippen LogP contribution is 2.38. The third-order valence-electron chi connectivity index (χ3n) is 2.93. The number of rotatable bonds is 9. The summed E-state index contributed by atoms with van der Waals surface area (Å²) in [5, 5.41) is 3.30. The fourth-order valence-electron chi connectivity index (χ4n) is 1.89. The smallest absolute Gasteiger partial charge is 0.231 e. The summed E-state index contributed by atoms with van der Waals surface area (Å²) in [7, 11) is 1.69. The Bertz CT molecular complexity index is 448. The van der Waals surface area contributed by atoms with Gasteiger partial charge in [-0.25, -0.2) is 0 Å². The number of hydrogen-bond donors (Lipinski definition) is 1. The van der Waals surface area contributed by atoms with Crippen LogP contribution in [0, 0.1) is 0 Å². The van der Waals surface area contributed by atoms with Crippen molar-refractivity contribution in [1.82, 2.24) is 5.32 Å². The second-order valence-corrected chi connectivity index (χ2v) is 4.41. The molecular weight excluding hydrogens is 258 g/mol. The first kappa shape index (κ1) is 14.7. The minimum atomic E-state index is 0.266. The van der Waals surface area contributed by atoms with Gasteiger partial charge in [0.15, 0.2) is 11.5 Å². The molecule has 0 atom stereocenters. The Morgan fingerprint density at radius 2 is 2.10 bits per heavy atom. The minimum absolute atomic E-state index is 0.266. The van der Waals surface area contributed by atoms with Crippen LogP contribution in [-0.4, -0.2) is 33.7 Å². The van der Waals surface area contributed by atoms with Crippen molar-refractivity contribution in [3.63, 3.8) is 0 Å². The van der Waals surface area contributed by atoms with Crippen molar-refractivity contribution in [2.75, 3.05) is 33.7 Å². The van der Waals surface area contributed by atoms with Gasteiger partial charge in [0.2, 0.25) is 6.79 Å². The predicted molar refractivity (Wildman–Crippen MR) is 76.5 cm³/mol. The maximum Gasteiger partial charge on any atom is 0.231 e. The lowest BCUT2D eigenvalue weighted by Crippen LogP contribution is -2.19. The van der Waals surface area contributed by atoms with E-state index in [4.69, 9.17) is 18.9 Å². The zero-order valence-electron chi connectivity index (χ0n) is 11.8. The number of fused-ring (bicyclic) bond motifs is 1. The Morgan fingerprint density at radius 3 is 2.85 bits per heavy atom. The Hall–Kier alpha value is -1.72. The lowest BCUT2D eigenvalue weighted by molar-refractivity contribution is 0.173. The van der Waals surface area contributed by atoms with Crippen LogP contribution in [0.5, 0.6) is 17.2 Å². The highest BCUT2D eigenvalue weighted by molar-refractivity contribution is 5.51. The van der Waals surface area contributed by atoms with Crippen LogP contribution in [0.3, 0.4) is 0 Å². The molecule has 0 spiro atoms. The Balaban J connectivity index is 2.03. The average molecular weight is 279 g/mol. The molecule has 2 rings (SSSR count). The lowest BCUT2D eigenvalue weighted by atomic mass is 10.1. The van der Waals surface area contributed by atoms with Gasteiger partial charge in [0.05, 0.1) is 13.2 Å². The van der Waals surface area contributed by atoms with Crippen LogP contribution in [0.2, 0.25) is 0 Å². The van der Waals surface area contributed by atoms with Crippen LogP contribution in [0.1, 0.15) is 12.0 Å². The molecule has 0 saturated heterocycles. The van der Waals surface area contributed by atoms with Gasteiger partial charge in [-0.3, -0.25) is 0 Å². The second-order valence-electron chi connectivity index (χ2n) is 4.41. The van der Waals surface area contributed by atoms with Gasteiger partial charge in [0.25, 0.3) is 0 Å². The molecule has 1 aliphatic rings. The van der Waals surface area contributed by atoms with Crippen molar-refractivity contribution in [3.8, 4) is 17.2 Å². The van der Waals surface area contributed by atoms with Crippen molar-refractivity contribution >= 4 is 0 Å². The van der Waals surface area contributed by atoms with Crippen LogP contribution >= 0.6 is 0 Å². The number of ether oxygens (including phenoxy) is 4. The molecular formula is C15H21NO4. The molecule has 0 radical (unpaired) electrons. The van der Waals surface area contributed by atoms with Gasteiger partial charge in [-0.15, -0.1) is 6.58 Å². The molecule has 1 aromatic rings. The van der Waals surface area contributed by atoms with E-state index in [1.165, 1.54) is 0 Å². The first-order valence-corrected chi connectivity index (χ1v) is 6.71. The summed E-state index contributed by atoms with van der Waals surface area (Å²) in [5.74, 6) is 2.32. The fraction of sp³-hybridized carbons (Fsp3) is 0.467. The number of nitrogens with one attached hydrogen (secondary N) is 1. The van der Waals surface area contributed by atoms with Crippen LogP contribution in [0.15, 0.2) is 24.8 Å². The SMILES string of the molecule is C=CCCOc1cc2c(cc1CNCCOC)OCO2. The van der Waals surface area contributed by atoms with E-state index >= 15 is 0 Å². The maximum atomic E-state index is 5.78. The molecule has 1 N–H and O–H groups in total. The molecule has 1 aromatic carbocycles. The normalized spacial score (nSPS) is 12.4. The summed E-state index contributed by atoms with van der Waals surface area (Å²) < 4.78 is 21.6. The van der Waals surface area contributed by atoms with Gasteiger partial charge < -0.3 is 24.3 Å². The van der Waals surface area contributed by atoms with E-state index in [1.54, 1.807) is 7.11 Å². The molecule has 1 heterocycles. The monoisotopic (exact) mass is 279 g/mol. The van der Waals surface area contributed by atoms with E-state index in [0.29, 0.717) is 19.8 Å². The van der Waals surface area contributed by atoms with Gasteiger partial charge in [-0.05, 0) is 12.5 Å². The molecule has 5 nitrogen and oxygen atoms in total. The van der Waals surface area contributed by atoms with E-state index in [2.05, 4.69) is 11.9 Å². The van der Waals surface area contributed by atoms with Crippen LogP contribution < -0.4 is 19.5 Å². The first-order valence-electron chi connectivity index (χ1n) is 6.71. The third-order valence-corrected chi connectivity index (χ3v) is 2.93. The Kier molecular flexibility index (Phi) is 5.70. The summed E-state index contributed by atoms with van der Waals surface area (Å²) in [6.45, 7) is 6.73. The molecule has 0 saturated carbocycles. The summed E-state index contributed by atoms with van der Waals surface area (Å²) >= 11 is 0. The fourth-order valence-corrected chi connectivity index (χ4v) is 1.89. The molecule has 0 aliphatic carbocycles. The van der Waals surface area contributed by atoms with Crippen molar-refractivity contribution in [3.05, 3.63) is 30.4 Å². The van der Waals surface area contributed by atoms with Crippen LogP contribution in [0.25, 0.3) is 0 Å². The number of hydrogen-bond acceptors (Lipinski definition) is 5. The maximum absolute atomic E-state index is 5.78. The van der Waals surface area contributed by atoms with E-state index in [9.17, 15) is 0 Å². The number of methoxy groups -OCH3 is 1. The van der Waals surface area contributed by atoms with Crippen molar-refractivity contribution in [2.24, 2.45) is 0 Å². The highest BCUT2D eigenvalue weighted by atomic mass is 16.7. The zero-order valence-corrected chi connectivity index (χ0v) is 11.8. The average Bonchev–Trinajstić information content (AvgIpc) is 2.91. The van der Waals surface area contributed by atoms with Gasteiger partial charge in [-0.1, -0.05) is 6.08 Å². The molecule has 0 fully saturated rings. The third kappa shape index (κ3) is 3.88. The largest absolute Gasteiger partial charge is 0.493 e. The first-order chi connectivity index (χ1) is 9.85. The van der Waals surface area contributed by atoms with Gasteiger partial charge >= 0.3 is 0 Å². The van der Waals surface area contributed by atoms with Crippen molar-refractivity contribution in [1.29, 1.82) is 0 Å². The predicted octanol–water partition coefficient (Wildman–Crippen LogP) is 2.11. The molecule has 1 aliphatic heterocycles. The van der Waals surface area contributed by atoms with Crippen LogP contribution in [-0.2, 0) is 11.3 Å². The molecule has 20 heavy (non-hydrogen) atoms. The van der Waals surface area contributed by atoms with E-state index < -0.39 is 0 Å². The zero-order chi connectivity index (χ0) is 14.2. The molecule has 0 aromatic heterocycles. The summed E-state index contributed by atoms with van der Waals surface area (Å²) in [6.07, 6.45) is 2.65. The van der Waals surface area contributed by atoms with Crippen molar-refractivity contribution in [2.45, 2.75) is 13.0 Å². The summed E-state index contributed by atoms with van der Waals surface area (Å²) in [6, 6.07) is 3.85. The van der Waals surface area contributed by atoms with Crippen LogP contribution in [0.4, 0.5) is 0 Å². The van der Waals surface area contributed by atoms with E-state index in [-0.39, 0.29) is 6.79 Å². The molecule has 0 unspecified atom stereocenters. The lowest BCUT2D eigenvalue weighted by Gasteiger charge is -2.13. The highest BCUT2D eigenvalue weighted by Gasteiger charge is 2.17. The van der Waals surface area contributed by atoms with Gasteiger partial charge in [0, 0.05) is 31.8 Å². The standard InChI is InChI=1S/C15H21NO4/c1-3-4-6-18-13-9-15-14(19-11-20-15)8-12(13)10-16-5-7-17-2/h3,8-9,16H,1,4-7,10-11H2,2H3. The summed E-state index contributed by atoms with van der Waals surface area (Å²) in [4.78, 5) is 0. The molecule has 0 bridgehead atoms. The molecule has 5 heteroatoms. The molecule has 110 valence electrons. The number of benzene rings is 1. The topological polar surface area (TPSA) is 49.0 Å². The minimum Gasteiger partial charge on any atom is -0.493 e. The molecule has 0 amide bonds. The van der Waals surface area contributed by atoms with Crippen molar-refractivity contribution < 1.29 is 18.9 Å².